The molecule has 3 heteroatoms. The van der Waals surface area contributed by atoms with E-state index in [1.165, 1.54) is 45.4 Å². The van der Waals surface area contributed by atoms with Crippen molar-refractivity contribution in [2.75, 3.05) is 0 Å². The van der Waals surface area contributed by atoms with Crippen molar-refractivity contribution in [3.63, 3.8) is 0 Å². The van der Waals surface area contributed by atoms with E-state index in [2.05, 4.69) is 13.8 Å². The molecule has 1 unspecified atom stereocenters. The number of hydrogen-bond donors (Lipinski definition) is 1. The Kier molecular flexibility index (Phi) is 4.02. The van der Waals surface area contributed by atoms with E-state index in [9.17, 15) is 9.90 Å². The zero-order chi connectivity index (χ0) is 17.1. The van der Waals surface area contributed by atoms with Crippen LogP contribution in [0.5, 0.6) is 0 Å². The van der Waals surface area contributed by atoms with E-state index in [-0.39, 0.29) is 23.6 Å². The van der Waals surface area contributed by atoms with Crippen molar-refractivity contribution < 1.29 is 14.6 Å². The maximum absolute atomic E-state index is 11.3. The molecule has 0 aromatic carbocycles. The predicted octanol–water partition coefficient (Wildman–Crippen LogP) is 4.32. The topological polar surface area (TPSA) is 46.5 Å². The van der Waals surface area contributed by atoms with Gasteiger partial charge in [0.1, 0.15) is 6.10 Å². The van der Waals surface area contributed by atoms with E-state index < -0.39 is 0 Å². The first kappa shape index (κ1) is 16.9. The van der Waals surface area contributed by atoms with Gasteiger partial charge in [-0.05, 0) is 92.3 Å². The van der Waals surface area contributed by atoms with E-state index >= 15 is 0 Å². The Labute approximate surface area is 146 Å². The maximum atomic E-state index is 11.3. The summed E-state index contributed by atoms with van der Waals surface area (Å²) in [6, 6.07) is 0. The SMILES string of the molecule is CC(=O)O[C@@H]1CC[C@@]2(C)C(CC[C@H]3[C@@H]4CC[C@H](O)[C@@]4(C)CC[C@@H]32)C1. The Balaban J connectivity index is 1.53. The van der Waals surface area contributed by atoms with Gasteiger partial charge in [0.05, 0.1) is 6.10 Å². The molecule has 0 saturated heterocycles. The summed E-state index contributed by atoms with van der Waals surface area (Å²) >= 11 is 0. The van der Waals surface area contributed by atoms with Crippen LogP contribution in [0.4, 0.5) is 0 Å². The summed E-state index contributed by atoms with van der Waals surface area (Å²) in [5.41, 5.74) is 0.605. The van der Waals surface area contributed by atoms with Crippen LogP contribution in [0.1, 0.15) is 78.6 Å². The van der Waals surface area contributed by atoms with E-state index in [4.69, 9.17) is 4.74 Å². The fourth-order valence-corrected chi connectivity index (χ4v) is 7.53. The molecule has 4 saturated carbocycles. The van der Waals surface area contributed by atoms with Gasteiger partial charge in [0, 0.05) is 6.92 Å². The van der Waals surface area contributed by atoms with Crippen molar-refractivity contribution in [2.45, 2.75) is 90.8 Å². The van der Waals surface area contributed by atoms with Crippen LogP contribution in [-0.4, -0.2) is 23.3 Å². The molecule has 136 valence electrons. The van der Waals surface area contributed by atoms with Gasteiger partial charge in [-0.25, -0.2) is 0 Å². The third-order valence-corrected chi connectivity index (χ3v) is 8.90. The van der Waals surface area contributed by atoms with Gasteiger partial charge in [-0.2, -0.15) is 0 Å². The van der Waals surface area contributed by atoms with E-state index in [0.29, 0.717) is 11.3 Å². The van der Waals surface area contributed by atoms with Crippen molar-refractivity contribution in [1.82, 2.24) is 0 Å². The molecule has 0 heterocycles. The third-order valence-electron chi connectivity index (χ3n) is 8.90. The molecule has 0 aromatic rings. The van der Waals surface area contributed by atoms with Crippen LogP contribution in [0.2, 0.25) is 0 Å². The number of esters is 1. The summed E-state index contributed by atoms with van der Waals surface area (Å²) in [4.78, 5) is 11.3. The van der Waals surface area contributed by atoms with Crippen LogP contribution >= 0.6 is 0 Å². The number of aliphatic hydroxyl groups is 1. The molecule has 0 bridgehead atoms. The van der Waals surface area contributed by atoms with Crippen LogP contribution in [0.3, 0.4) is 0 Å². The monoisotopic (exact) mass is 334 g/mol. The van der Waals surface area contributed by atoms with Crippen LogP contribution in [0.15, 0.2) is 0 Å². The van der Waals surface area contributed by atoms with Gasteiger partial charge >= 0.3 is 5.97 Å². The van der Waals surface area contributed by atoms with Crippen molar-refractivity contribution >= 4 is 5.97 Å². The Morgan fingerprint density at radius 3 is 2.42 bits per heavy atom. The van der Waals surface area contributed by atoms with Gasteiger partial charge in [-0.1, -0.05) is 13.8 Å². The standard InChI is InChI=1S/C21H34O3/c1-13(22)24-15-8-10-20(2)14(12-15)4-5-16-17-6-7-19(23)21(17,3)11-9-18(16)20/h14-19,23H,4-12H2,1-3H3/t14?,15-,16+,17+,18+,19+,20+,21+/m1/s1. The number of hydrogen-bond acceptors (Lipinski definition) is 3. The molecule has 4 fully saturated rings. The number of aliphatic hydroxyl groups excluding tert-OH is 1. The molecule has 8 atom stereocenters. The number of carbonyl (C=O) groups is 1. The van der Waals surface area contributed by atoms with Crippen molar-refractivity contribution in [2.24, 2.45) is 34.5 Å². The van der Waals surface area contributed by atoms with Gasteiger partial charge in [0.15, 0.2) is 0 Å². The second kappa shape index (κ2) is 5.72. The average Bonchev–Trinajstić information content (AvgIpc) is 2.83. The molecule has 3 nitrogen and oxygen atoms in total. The summed E-state index contributed by atoms with van der Waals surface area (Å²) in [5, 5.41) is 10.5. The Morgan fingerprint density at radius 2 is 1.67 bits per heavy atom. The van der Waals surface area contributed by atoms with Crippen LogP contribution < -0.4 is 0 Å². The number of ether oxygens (including phenoxy) is 1. The average molecular weight is 335 g/mol. The van der Waals surface area contributed by atoms with Gasteiger partial charge in [0.25, 0.3) is 0 Å². The van der Waals surface area contributed by atoms with E-state index in [0.717, 1.165) is 37.0 Å². The zero-order valence-electron chi connectivity index (χ0n) is 15.6. The zero-order valence-corrected chi connectivity index (χ0v) is 15.6. The van der Waals surface area contributed by atoms with Gasteiger partial charge in [0.2, 0.25) is 0 Å². The molecule has 4 aliphatic carbocycles. The van der Waals surface area contributed by atoms with Crippen LogP contribution in [-0.2, 0) is 9.53 Å². The lowest BCUT2D eigenvalue weighted by Crippen LogP contribution is -2.54. The molecule has 24 heavy (non-hydrogen) atoms. The summed E-state index contributed by atoms with van der Waals surface area (Å²) in [7, 11) is 0. The minimum absolute atomic E-state index is 0.0753. The van der Waals surface area contributed by atoms with Gasteiger partial charge in [-0.3, -0.25) is 4.79 Å². The molecule has 1 N–H and O–H groups in total. The molecule has 0 amide bonds. The van der Waals surface area contributed by atoms with E-state index in [1.54, 1.807) is 0 Å². The summed E-state index contributed by atoms with van der Waals surface area (Å²) < 4.78 is 5.55. The van der Waals surface area contributed by atoms with Gasteiger partial charge < -0.3 is 9.84 Å². The lowest BCUT2D eigenvalue weighted by molar-refractivity contribution is -0.161. The van der Waals surface area contributed by atoms with E-state index in [1.807, 2.05) is 0 Å². The molecule has 4 aliphatic rings. The Hall–Kier alpha value is -0.570. The number of fused-ring (bicyclic) bond motifs is 5. The van der Waals surface area contributed by atoms with Crippen molar-refractivity contribution in [3.8, 4) is 0 Å². The van der Waals surface area contributed by atoms with Crippen molar-refractivity contribution in [3.05, 3.63) is 0 Å². The summed E-state index contributed by atoms with van der Waals surface area (Å²) in [6.45, 7) is 6.43. The normalized spacial score (nSPS) is 53.7. The molecule has 0 radical (unpaired) electrons. The quantitative estimate of drug-likeness (QED) is 0.726. The molecule has 4 rings (SSSR count). The summed E-state index contributed by atoms with van der Waals surface area (Å²) in [6.07, 6.45) is 10.8. The first-order chi connectivity index (χ1) is 11.3. The molecule has 0 aliphatic heterocycles. The molecule has 0 aromatic heterocycles. The number of rotatable bonds is 1. The first-order valence-electron chi connectivity index (χ1n) is 10.2. The predicted molar refractivity (Wildman–Crippen MR) is 93.3 cm³/mol. The first-order valence-corrected chi connectivity index (χ1v) is 10.2. The highest BCUT2D eigenvalue weighted by Crippen LogP contribution is 2.66. The maximum Gasteiger partial charge on any atom is 0.302 e. The van der Waals surface area contributed by atoms with Crippen LogP contribution in [0.25, 0.3) is 0 Å². The molecular weight excluding hydrogens is 300 g/mol. The fraction of sp³-hybridized carbons (Fsp3) is 0.952. The van der Waals surface area contributed by atoms with Crippen molar-refractivity contribution in [1.29, 1.82) is 0 Å². The highest BCUT2D eigenvalue weighted by Gasteiger charge is 2.60. The third kappa shape index (κ3) is 2.37. The highest BCUT2D eigenvalue weighted by atomic mass is 16.5. The minimum Gasteiger partial charge on any atom is -0.463 e. The fourth-order valence-electron chi connectivity index (χ4n) is 7.53. The second-order valence-corrected chi connectivity index (χ2v) is 9.80. The smallest absolute Gasteiger partial charge is 0.302 e. The second-order valence-electron chi connectivity index (χ2n) is 9.80. The Morgan fingerprint density at radius 1 is 0.958 bits per heavy atom. The molecule has 0 spiro atoms. The lowest BCUT2D eigenvalue weighted by atomic mass is 9.45. The van der Waals surface area contributed by atoms with Crippen LogP contribution in [0, 0.1) is 34.5 Å². The highest BCUT2D eigenvalue weighted by molar-refractivity contribution is 5.66. The summed E-state index contributed by atoms with van der Waals surface area (Å²) in [5.74, 6) is 2.96. The lowest BCUT2D eigenvalue weighted by Gasteiger charge is -2.60. The minimum atomic E-state index is -0.120. The number of carbonyl (C=O) groups excluding carboxylic acids is 1. The molecular formula is C21H34O3. The Bertz CT molecular complexity index is 517. The van der Waals surface area contributed by atoms with Gasteiger partial charge in [-0.15, -0.1) is 0 Å². The largest absolute Gasteiger partial charge is 0.463 e.